The molecule has 0 aromatic heterocycles. The van der Waals surface area contributed by atoms with Gasteiger partial charge in [0, 0.05) is 22.6 Å². The number of halogens is 1. The van der Waals surface area contributed by atoms with Crippen LogP contribution in [0.3, 0.4) is 0 Å². The summed E-state index contributed by atoms with van der Waals surface area (Å²) in [5, 5.41) is 22.5. The number of carbonyl (C=O) groups is 2. The molecule has 6 heteroatoms. The van der Waals surface area contributed by atoms with Crippen molar-refractivity contribution in [2.75, 3.05) is 11.9 Å². The second kappa shape index (κ2) is 8.57. The van der Waals surface area contributed by atoms with E-state index in [4.69, 9.17) is 11.6 Å². The number of benzene rings is 3. The van der Waals surface area contributed by atoms with Gasteiger partial charge in [0.15, 0.2) is 0 Å². The van der Waals surface area contributed by atoms with Crippen molar-refractivity contribution in [1.29, 1.82) is 0 Å². The van der Waals surface area contributed by atoms with E-state index in [1.807, 2.05) is 30.3 Å². The normalized spacial score (nSPS) is 20.0. The van der Waals surface area contributed by atoms with E-state index in [0.717, 1.165) is 35.1 Å². The Kier molecular flexibility index (Phi) is 5.70. The van der Waals surface area contributed by atoms with E-state index in [-0.39, 0.29) is 35.3 Å². The number of aromatic carboxylic acids is 1. The van der Waals surface area contributed by atoms with Gasteiger partial charge in [0.25, 0.3) is 0 Å². The van der Waals surface area contributed by atoms with Gasteiger partial charge in [-0.25, -0.2) is 4.79 Å². The molecule has 0 heterocycles. The van der Waals surface area contributed by atoms with Crippen molar-refractivity contribution in [2.24, 2.45) is 5.92 Å². The van der Waals surface area contributed by atoms with Gasteiger partial charge in [-0.15, -0.1) is 0 Å². The Morgan fingerprint density at radius 1 is 1.06 bits per heavy atom. The van der Waals surface area contributed by atoms with Crippen molar-refractivity contribution in [3.05, 3.63) is 87.9 Å². The molecule has 0 saturated heterocycles. The average molecular weight is 476 g/mol. The number of rotatable bonds is 7. The highest BCUT2D eigenvalue weighted by Crippen LogP contribution is 2.49. The minimum absolute atomic E-state index is 0.0284. The molecule has 2 fully saturated rings. The molecule has 5 nitrogen and oxygen atoms in total. The SMILES string of the molecule is Cc1ccc(C2CC2C(=O)Nc2ccc(-c3ccc(C4(CO)CC4)cc3)c(Cl)c2)cc1C(=O)O. The summed E-state index contributed by atoms with van der Waals surface area (Å²) >= 11 is 6.55. The number of aliphatic hydroxyl groups excluding tert-OH is 1. The highest BCUT2D eigenvalue weighted by Gasteiger charge is 2.44. The zero-order chi connectivity index (χ0) is 24.0. The molecule has 34 heavy (non-hydrogen) atoms. The quantitative estimate of drug-likeness (QED) is 0.404. The summed E-state index contributed by atoms with van der Waals surface area (Å²) in [6, 6.07) is 19.0. The Balaban J connectivity index is 1.26. The van der Waals surface area contributed by atoms with E-state index >= 15 is 0 Å². The second-order valence-corrected chi connectivity index (χ2v) is 9.94. The maximum Gasteiger partial charge on any atom is 0.335 e. The van der Waals surface area contributed by atoms with Crippen LogP contribution in [0.5, 0.6) is 0 Å². The third-order valence-corrected chi connectivity index (χ3v) is 7.56. The molecule has 3 aromatic rings. The summed E-state index contributed by atoms with van der Waals surface area (Å²) in [4.78, 5) is 24.2. The van der Waals surface area contributed by atoms with Crippen LogP contribution in [0.15, 0.2) is 60.7 Å². The number of anilines is 1. The van der Waals surface area contributed by atoms with Gasteiger partial charge in [-0.05, 0) is 72.6 Å². The Morgan fingerprint density at radius 3 is 2.41 bits per heavy atom. The summed E-state index contributed by atoms with van der Waals surface area (Å²) in [7, 11) is 0. The van der Waals surface area contributed by atoms with Gasteiger partial charge in [0.05, 0.1) is 17.2 Å². The van der Waals surface area contributed by atoms with E-state index in [1.165, 1.54) is 0 Å². The van der Waals surface area contributed by atoms with Gasteiger partial charge < -0.3 is 15.5 Å². The van der Waals surface area contributed by atoms with Crippen LogP contribution in [-0.2, 0) is 10.2 Å². The van der Waals surface area contributed by atoms with Crippen molar-refractivity contribution in [1.82, 2.24) is 0 Å². The minimum atomic E-state index is -0.953. The molecule has 0 radical (unpaired) electrons. The first-order valence-electron chi connectivity index (χ1n) is 11.5. The molecule has 2 aliphatic carbocycles. The van der Waals surface area contributed by atoms with Crippen molar-refractivity contribution in [3.8, 4) is 11.1 Å². The van der Waals surface area contributed by atoms with E-state index in [2.05, 4.69) is 17.4 Å². The summed E-state index contributed by atoms with van der Waals surface area (Å²) in [6.07, 6.45) is 2.73. The summed E-state index contributed by atoms with van der Waals surface area (Å²) in [5.74, 6) is -1.20. The topological polar surface area (TPSA) is 86.6 Å². The molecule has 0 aliphatic heterocycles. The minimum Gasteiger partial charge on any atom is -0.478 e. The Labute approximate surface area is 203 Å². The number of carboxylic acids is 1. The molecular formula is C28H26ClNO4. The van der Waals surface area contributed by atoms with E-state index < -0.39 is 5.97 Å². The molecule has 1 amide bonds. The number of carboxylic acid groups (broad SMARTS) is 1. The maximum absolute atomic E-state index is 12.8. The first-order valence-corrected chi connectivity index (χ1v) is 11.9. The molecular weight excluding hydrogens is 450 g/mol. The molecule has 0 spiro atoms. The highest BCUT2D eigenvalue weighted by molar-refractivity contribution is 6.33. The highest BCUT2D eigenvalue weighted by atomic mass is 35.5. The second-order valence-electron chi connectivity index (χ2n) is 9.53. The van der Waals surface area contributed by atoms with Gasteiger partial charge in [-0.1, -0.05) is 54.1 Å². The zero-order valence-corrected chi connectivity index (χ0v) is 19.6. The molecule has 3 N–H and O–H groups in total. The Bertz CT molecular complexity index is 1280. The third-order valence-electron chi connectivity index (χ3n) is 7.25. The molecule has 2 unspecified atom stereocenters. The fraction of sp³-hybridized carbons (Fsp3) is 0.286. The predicted molar refractivity (Wildman–Crippen MR) is 133 cm³/mol. The van der Waals surface area contributed by atoms with Gasteiger partial charge in [0.1, 0.15) is 0 Å². The van der Waals surface area contributed by atoms with Crippen LogP contribution >= 0.6 is 11.6 Å². The van der Waals surface area contributed by atoms with Crippen LogP contribution in [0.4, 0.5) is 5.69 Å². The third kappa shape index (κ3) is 4.22. The largest absolute Gasteiger partial charge is 0.478 e. The van der Waals surface area contributed by atoms with Crippen LogP contribution in [0.2, 0.25) is 5.02 Å². The van der Waals surface area contributed by atoms with Crippen molar-refractivity contribution in [2.45, 2.75) is 37.5 Å². The standard InChI is InChI=1S/C28H26ClNO4/c1-16-2-3-18(12-22(16)27(33)34)23-14-24(23)26(32)30-20-8-9-21(25(29)13-20)17-4-6-19(7-5-17)28(15-31)10-11-28/h2-9,12-13,23-24,31H,10-11,14-15H2,1H3,(H,30,32)(H,33,34). The van der Waals surface area contributed by atoms with E-state index in [0.29, 0.717) is 22.7 Å². The summed E-state index contributed by atoms with van der Waals surface area (Å²) < 4.78 is 0. The number of nitrogens with one attached hydrogen (secondary N) is 1. The molecule has 5 rings (SSSR count). The molecule has 2 atom stereocenters. The predicted octanol–water partition coefficient (Wildman–Crippen LogP) is 5.78. The zero-order valence-electron chi connectivity index (χ0n) is 18.8. The van der Waals surface area contributed by atoms with Crippen LogP contribution in [0.1, 0.15) is 52.2 Å². The average Bonchev–Trinajstić information content (AvgIpc) is 3.74. The number of amides is 1. The molecule has 2 saturated carbocycles. The molecule has 3 aromatic carbocycles. The Hall–Kier alpha value is -3.15. The number of carbonyl (C=O) groups excluding carboxylic acids is 1. The number of aliphatic hydroxyl groups is 1. The first-order chi connectivity index (χ1) is 16.3. The lowest BCUT2D eigenvalue weighted by atomic mass is 9.94. The van der Waals surface area contributed by atoms with Crippen molar-refractivity contribution in [3.63, 3.8) is 0 Å². The van der Waals surface area contributed by atoms with Crippen LogP contribution in [0, 0.1) is 12.8 Å². The maximum atomic E-state index is 12.8. The number of hydrogen-bond acceptors (Lipinski definition) is 3. The smallest absolute Gasteiger partial charge is 0.335 e. The lowest BCUT2D eigenvalue weighted by molar-refractivity contribution is -0.117. The van der Waals surface area contributed by atoms with Crippen LogP contribution in [0.25, 0.3) is 11.1 Å². The fourth-order valence-electron chi connectivity index (χ4n) is 4.71. The van der Waals surface area contributed by atoms with Crippen LogP contribution in [-0.4, -0.2) is 28.7 Å². The molecule has 174 valence electrons. The monoisotopic (exact) mass is 475 g/mol. The lowest BCUT2D eigenvalue weighted by Gasteiger charge is -2.14. The van der Waals surface area contributed by atoms with Gasteiger partial charge >= 0.3 is 5.97 Å². The Morgan fingerprint density at radius 2 is 1.79 bits per heavy atom. The lowest BCUT2D eigenvalue weighted by Crippen LogP contribution is -2.14. The van der Waals surface area contributed by atoms with E-state index in [1.54, 1.807) is 25.1 Å². The molecule has 2 aliphatic rings. The summed E-state index contributed by atoms with van der Waals surface area (Å²) in [6.45, 7) is 1.94. The number of hydrogen-bond donors (Lipinski definition) is 3. The first kappa shape index (κ1) is 22.6. The van der Waals surface area contributed by atoms with E-state index in [9.17, 15) is 19.8 Å². The van der Waals surface area contributed by atoms with Crippen molar-refractivity contribution < 1.29 is 19.8 Å². The van der Waals surface area contributed by atoms with Gasteiger partial charge in [-0.3, -0.25) is 4.79 Å². The number of aryl methyl sites for hydroxylation is 1. The van der Waals surface area contributed by atoms with Gasteiger partial charge in [0.2, 0.25) is 5.91 Å². The molecule has 0 bridgehead atoms. The summed E-state index contributed by atoms with van der Waals surface area (Å²) in [5.41, 5.74) is 5.46. The van der Waals surface area contributed by atoms with Gasteiger partial charge in [-0.2, -0.15) is 0 Å². The fourth-order valence-corrected chi connectivity index (χ4v) is 5.00. The van der Waals surface area contributed by atoms with Crippen molar-refractivity contribution >= 4 is 29.2 Å². The van der Waals surface area contributed by atoms with Crippen LogP contribution < -0.4 is 5.32 Å².